The normalized spacial score (nSPS) is 14.2. The molecule has 1 aliphatic rings. The number of ketones is 1. The zero-order chi connectivity index (χ0) is 22.7. The van der Waals surface area contributed by atoms with E-state index < -0.39 is 0 Å². The van der Waals surface area contributed by atoms with Crippen LogP contribution in [0.1, 0.15) is 52.1 Å². The summed E-state index contributed by atoms with van der Waals surface area (Å²) in [6.45, 7) is 4.15. The summed E-state index contributed by atoms with van der Waals surface area (Å²) in [5.74, 6) is 0.497. The van der Waals surface area contributed by atoms with E-state index in [0.29, 0.717) is 11.1 Å². The molecule has 0 radical (unpaired) electrons. The Labute approximate surface area is 188 Å². The number of hydrogen-bond donors (Lipinski definition) is 1. The maximum atomic E-state index is 13.0. The maximum absolute atomic E-state index is 13.0. The number of anilines is 1. The number of fused-ring (bicyclic) bond motifs is 1. The number of aliphatic imine (C=N–C) groups is 1. The smallest absolute Gasteiger partial charge is 0.255 e. The summed E-state index contributed by atoms with van der Waals surface area (Å²) >= 11 is 0. The Bertz CT molecular complexity index is 1180. The molecule has 3 aromatic rings. The molecule has 0 aliphatic carbocycles. The minimum atomic E-state index is -0.267. The number of amides is 1. The van der Waals surface area contributed by atoms with Crippen molar-refractivity contribution >= 4 is 23.1 Å². The Morgan fingerprint density at radius 1 is 0.969 bits per heavy atom. The molecule has 0 saturated heterocycles. The summed E-state index contributed by atoms with van der Waals surface area (Å²) in [6.07, 6.45) is 1.01. The van der Waals surface area contributed by atoms with Crippen molar-refractivity contribution in [1.29, 1.82) is 0 Å². The van der Waals surface area contributed by atoms with Crippen LogP contribution in [0.5, 0.6) is 5.75 Å². The van der Waals surface area contributed by atoms with E-state index in [0.717, 1.165) is 29.1 Å². The van der Waals surface area contributed by atoms with Gasteiger partial charge >= 0.3 is 0 Å². The molecule has 5 nitrogen and oxygen atoms in total. The van der Waals surface area contributed by atoms with Crippen LogP contribution in [0.25, 0.3) is 0 Å². The molecule has 3 aromatic carbocycles. The summed E-state index contributed by atoms with van der Waals surface area (Å²) in [6, 6.07) is 22.0. The average molecular weight is 427 g/mol. The molecule has 0 aromatic heterocycles. The monoisotopic (exact) mass is 426 g/mol. The summed E-state index contributed by atoms with van der Waals surface area (Å²) < 4.78 is 5.37. The molecular formula is C27H26N2O3. The van der Waals surface area contributed by atoms with Gasteiger partial charge in [-0.05, 0) is 62.2 Å². The summed E-state index contributed by atoms with van der Waals surface area (Å²) in [7, 11) is 1.63. The number of nitrogens with one attached hydrogen (secondary N) is 1. The molecule has 0 bridgehead atoms. The van der Waals surface area contributed by atoms with Gasteiger partial charge in [-0.2, -0.15) is 0 Å². The largest absolute Gasteiger partial charge is 0.497 e. The van der Waals surface area contributed by atoms with Gasteiger partial charge in [-0.15, -0.1) is 0 Å². The van der Waals surface area contributed by atoms with Crippen molar-refractivity contribution in [3.8, 4) is 5.75 Å². The Balaban J connectivity index is 1.51. The van der Waals surface area contributed by atoms with Crippen molar-refractivity contribution in [2.75, 3.05) is 12.4 Å². The Morgan fingerprint density at radius 3 is 2.34 bits per heavy atom. The second-order valence-electron chi connectivity index (χ2n) is 8.57. The molecule has 1 aliphatic heterocycles. The lowest BCUT2D eigenvalue weighted by molar-refractivity contribution is 0.0995. The highest BCUT2D eigenvalue weighted by Crippen LogP contribution is 2.31. The lowest BCUT2D eigenvalue weighted by Crippen LogP contribution is -2.30. The number of methoxy groups -OCH3 is 1. The number of para-hydroxylation sites is 1. The molecule has 0 spiro atoms. The molecular weight excluding hydrogens is 400 g/mol. The molecule has 1 amide bonds. The van der Waals surface area contributed by atoms with E-state index in [1.807, 2.05) is 42.5 Å². The fourth-order valence-electron chi connectivity index (χ4n) is 3.96. The summed E-state index contributed by atoms with van der Waals surface area (Å²) in [5, 5.41) is 2.85. The van der Waals surface area contributed by atoms with Crippen LogP contribution in [0.3, 0.4) is 0 Å². The number of nitrogens with zero attached hydrogens (tertiary/aromatic N) is 1. The predicted molar refractivity (Wildman–Crippen MR) is 127 cm³/mol. The van der Waals surface area contributed by atoms with E-state index in [2.05, 4.69) is 25.2 Å². The zero-order valence-electron chi connectivity index (χ0n) is 18.5. The van der Waals surface area contributed by atoms with Gasteiger partial charge in [0.05, 0.1) is 24.8 Å². The molecule has 5 heteroatoms. The highest BCUT2D eigenvalue weighted by atomic mass is 16.5. The highest BCUT2D eigenvalue weighted by molar-refractivity contribution is 6.17. The van der Waals surface area contributed by atoms with E-state index in [1.54, 1.807) is 31.4 Å². The van der Waals surface area contributed by atoms with Crippen molar-refractivity contribution in [2.24, 2.45) is 4.99 Å². The van der Waals surface area contributed by atoms with Gasteiger partial charge in [-0.1, -0.05) is 36.4 Å². The van der Waals surface area contributed by atoms with E-state index in [1.165, 1.54) is 5.56 Å². The maximum Gasteiger partial charge on any atom is 0.255 e. The lowest BCUT2D eigenvalue weighted by atomic mass is 9.85. The first-order valence-electron chi connectivity index (χ1n) is 10.6. The number of carbonyl (C=O) groups excluding carboxylic acids is 2. The minimum Gasteiger partial charge on any atom is -0.497 e. The molecule has 1 heterocycles. The topological polar surface area (TPSA) is 67.8 Å². The van der Waals surface area contributed by atoms with Crippen molar-refractivity contribution < 1.29 is 14.3 Å². The van der Waals surface area contributed by atoms with Crippen LogP contribution < -0.4 is 10.1 Å². The number of benzene rings is 3. The van der Waals surface area contributed by atoms with E-state index >= 15 is 0 Å². The van der Waals surface area contributed by atoms with Crippen LogP contribution in [0.2, 0.25) is 0 Å². The highest BCUT2D eigenvalue weighted by Gasteiger charge is 2.28. The van der Waals surface area contributed by atoms with Gasteiger partial charge in [0, 0.05) is 22.4 Å². The fourth-order valence-corrected chi connectivity index (χ4v) is 3.96. The van der Waals surface area contributed by atoms with Crippen molar-refractivity contribution in [3.63, 3.8) is 0 Å². The van der Waals surface area contributed by atoms with Crippen LogP contribution in [0, 0.1) is 0 Å². The lowest BCUT2D eigenvalue weighted by Gasteiger charge is -2.29. The van der Waals surface area contributed by atoms with E-state index in [9.17, 15) is 9.59 Å². The van der Waals surface area contributed by atoms with Crippen molar-refractivity contribution in [1.82, 2.24) is 0 Å². The minimum absolute atomic E-state index is 0.0368. The summed E-state index contributed by atoms with van der Waals surface area (Å²) in [5.41, 5.74) is 4.41. The Hall–Kier alpha value is -3.73. The van der Waals surface area contributed by atoms with Crippen LogP contribution in [-0.2, 0) is 6.42 Å². The van der Waals surface area contributed by atoms with Crippen LogP contribution >= 0.6 is 0 Å². The third-order valence-electron chi connectivity index (χ3n) is 5.52. The van der Waals surface area contributed by atoms with E-state index in [4.69, 9.17) is 9.73 Å². The fraction of sp³-hybridized carbons (Fsp3) is 0.222. The molecule has 1 N–H and O–H groups in total. The molecule has 0 fully saturated rings. The van der Waals surface area contributed by atoms with Gasteiger partial charge in [0.15, 0.2) is 5.78 Å². The summed E-state index contributed by atoms with van der Waals surface area (Å²) in [4.78, 5) is 30.4. The van der Waals surface area contributed by atoms with Gasteiger partial charge in [0.25, 0.3) is 5.91 Å². The second kappa shape index (κ2) is 8.79. The van der Waals surface area contributed by atoms with Crippen molar-refractivity contribution in [2.45, 2.75) is 32.2 Å². The number of carbonyl (C=O) groups is 2. The van der Waals surface area contributed by atoms with Crippen LogP contribution in [-0.4, -0.2) is 30.1 Å². The molecule has 0 saturated carbocycles. The van der Waals surface area contributed by atoms with Crippen LogP contribution in [0.4, 0.5) is 5.69 Å². The SMILES string of the molecule is COc1ccc2c(c1)C(CC(=O)c1ccc(C(=O)Nc3ccccc3)cc1)=NC(C)(C)C2. The standard InChI is InChI=1S/C27H26N2O3/c1-27(2)17-20-13-14-22(32-3)15-23(20)24(29-27)16-25(30)18-9-11-19(12-10-18)26(31)28-21-7-5-4-6-8-21/h4-15H,16-17H2,1-3H3,(H,28,31). The van der Waals surface area contributed by atoms with Crippen LogP contribution in [0.15, 0.2) is 77.8 Å². The van der Waals surface area contributed by atoms with Crippen molar-refractivity contribution in [3.05, 3.63) is 95.1 Å². The number of Topliss-reactive ketones (excluding diaryl/α,β-unsaturated/α-hetero) is 1. The van der Waals surface area contributed by atoms with Gasteiger partial charge < -0.3 is 10.1 Å². The molecule has 4 rings (SSSR count). The third kappa shape index (κ3) is 4.78. The zero-order valence-corrected chi connectivity index (χ0v) is 18.5. The predicted octanol–water partition coefficient (Wildman–Crippen LogP) is 5.34. The Kier molecular flexibility index (Phi) is 5.91. The number of hydrogen-bond acceptors (Lipinski definition) is 4. The average Bonchev–Trinajstić information content (AvgIpc) is 2.79. The first-order chi connectivity index (χ1) is 15.3. The first kappa shape index (κ1) is 21.5. The molecule has 0 atom stereocenters. The van der Waals surface area contributed by atoms with Gasteiger partial charge in [0.1, 0.15) is 5.75 Å². The van der Waals surface area contributed by atoms with Gasteiger partial charge in [-0.25, -0.2) is 0 Å². The van der Waals surface area contributed by atoms with Gasteiger partial charge in [-0.3, -0.25) is 14.6 Å². The second-order valence-corrected chi connectivity index (χ2v) is 8.57. The Morgan fingerprint density at radius 2 is 1.66 bits per heavy atom. The third-order valence-corrected chi connectivity index (χ3v) is 5.52. The van der Waals surface area contributed by atoms with Gasteiger partial charge in [0.2, 0.25) is 0 Å². The molecule has 32 heavy (non-hydrogen) atoms. The quantitative estimate of drug-likeness (QED) is 0.541. The number of ether oxygens (including phenoxy) is 1. The van der Waals surface area contributed by atoms with E-state index in [-0.39, 0.29) is 23.7 Å². The first-order valence-corrected chi connectivity index (χ1v) is 10.6. The molecule has 0 unspecified atom stereocenters. The number of rotatable bonds is 6. The molecule has 162 valence electrons.